The Balaban J connectivity index is 1.69. The molecule has 0 spiro atoms. The third-order valence-corrected chi connectivity index (χ3v) is 4.86. The standard InChI is InChI=1S/C21H23FN2O2/c1-15-13-18-8-4-6-10-20(18)24(15)21(26)14-23(16(2)25)12-11-17-7-3-5-9-19(17)22/h3-10,15H,11-14H2,1-2H3. The Hall–Kier alpha value is -2.69. The van der Waals surface area contributed by atoms with E-state index in [9.17, 15) is 14.0 Å². The average Bonchev–Trinajstić information content (AvgIpc) is 2.95. The molecule has 0 radical (unpaired) electrons. The van der Waals surface area contributed by atoms with Crippen LogP contribution < -0.4 is 4.90 Å². The number of anilines is 1. The highest BCUT2D eigenvalue weighted by molar-refractivity contribution is 5.98. The summed E-state index contributed by atoms with van der Waals surface area (Å²) < 4.78 is 13.8. The Kier molecular flexibility index (Phi) is 5.35. The van der Waals surface area contributed by atoms with Gasteiger partial charge in [-0.05, 0) is 43.0 Å². The van der Waals surface area contributed by atoms with E-state index in [1.54, 1.807) is 23.1 Å². The van der Waals surface area contributed by atoms with Crippen LogP contribution in [0.5, 0.6) is 0 Å². The number of carbonyl (C=O) groups is 2. The molecular formula is C21H23FN2O2. The van der Waals surface area contributed by atoms with Gasteiger partial charge in [-0.15, -0.1) is 0 Å². The van der Waals surface area contributed by atoms with Crippen LogP contribution in [0.4, 0.5) is 10.1 Å². The molecule has 0 saturated heterocycles. The van der Waals surface area contributed by atoms with E-state index in [1.807, 2.05) is 31.2 Å². The van der Waals surface area contributed by atoms with E-state index in [4.69, 9.17) is 0 Å². The average molecular weight is 354 g/mol. The Morgan fingerprint density at radius 3 is 2.58 bits per heavy atom. The Morgan fingerprint density at radius 1 is 1.15 bits per heavy atom. The highest BCUT2D eigenvalue weighted by Crippen LogP contribution is 2.31. The van der Waals surface area contributed by atoms with Crippen molar-refractivity contribution < 1.29 is 14.0 Å². The Morgan fingerprint density at radius 2 is 1.85 bits per heavy atom. The minimum absolute atomic E-state index is 0.00244. The van der Waals surface area contributed by atoms with Crippen LogP contribution in [0, 0.1) is 5.82 Å². The van der Waals surface area contributed by atoms with Crippen LogP contribution in [-0.2, 0) is 22.4 Å². The molecule has 0 aliphatic carbocycles. The smallest absolute Gasteiger partial charge is 0.246 e. The lowest BCUT2D eigenvalue weighted by molar-refractivity contribution is -0.133. The van der Waals surface area contributed by atoms with E-state index in [0.717, 1.165) is 17.7 Å². The van der Waals surface area contributed by atoms with Gasteiger partial charge in [-0.3, -0.25) is 9.59 Å². The van der Waals surface area contributed by atoms with Crippen molar-refractivity contribution in [3.8, 4) is 0 Å². The van der Waals surface area contributed by atoms with Gasteiger partial charge in [-0.1, -0.05) is 36.4 Å². The van der Waals surface area contributed by atoms with Gasteiger partial charge >= 0.3 is 0 Å². The van der Waals surface area contributed by atoms with Crippen LogP contribution >= 0.6 is 0 Å². The van der Waals surface area contributed by atoms with Gasteiger partial charge in [0.2, 0.25) is 11.8 Å². The SMILES string of the molecule is CC(=O)N(CCc1ccccc1F)CC(=O)N1c2ccccc2CC1C. The third kappa shape index (κ3) is 3.77. The summed E-state index contributed by atoms with van der Waals surface area (Å²) in [5, 5.41) is 0. The van der Waals surface area contributed by atoms with Crippen molar-refractivity contribution in [2.75, 3.05) is 18.0 Å². The molecular weight excluding hydrogens is 331 g/mol. The normalized spacial score (nSPS) is 15.7. The highest BCUT2D eigenvalue weighted by atomic mass is 19.1. The van der Waals surface area contributed by atoms with Crippen LogP contribution in [0.3, 0.4) is 0 Å². The highest BCUT2D eigenvalue weighted by Gasteiger charge is 2.31. The Labute approximate surface area is 153 Å². The molecule has 2 aromatic carbocycles. The fourth-order valence-electron chi connectivity index (χ4n) is 3.49. The van der Waals surface area contributed by atoms with Crippen LogP contribution in [0.2, 0.25) is 0 Å². The maximum atomic E-state index is 13.8. The molecule has 1 unspecified atom stereocenters. The van der Waals surface area contributed by atoms with Crippen molar-refractivity contribution in [1.29, 1.82) is 0 Å². The zero-order chi connectivity index (χ0) is 18.7. The summed E-state index contributed by atoms with van der Waals surface area (Å²) >= 11 is 0. The van der Waals surface area contributed by atoms with Crippen molar-refractivity contribution in [2.24, 2.45) is 0 Å². The maximum Gasteiger partial charge on any atom is 0.246 e. The summed E-state index contributed by atoms with van der Waals surface area (Å²) in [7, 11) is 0. The number of hydrogen-bond donors (Lipinski definition) is 0. The summed E-state index contributed by atoms with van der Waals surface area (Å²) in [6, 6.07) is 14.4. The van der Waals surface area contributed by atoms with Crippen LogP contribution in [0.25, 0.3) is 0 Å². The first-order valence-corrected chi connectivity index (χ1v) is 8.86. The zero-order valence-electron chi connectivity index (χ0n) is 15.1. The first kappa shape index (κ1) is 18.1. The fraction of sp³-hybridized carbons (Fsp3) is 0.333. The second-order valence-corrected chi connectivity index (χ2v) is 6.73. The molecule has 0 aromatic heterocycles. The number of fused-ring (bicyclic) bond motifs is 1. The monoisotopic (exact) mass is 354 g/mol. The number of nitrogens with zero attached hydrogens (tertiary/aromatic N) is 2. The molecule has 1 aliphatic rings. The number of benzene rings is 2. The predicted molar refractivity (Wildman–Crippen MR) is 99.5 cm³/mol. The molecule has 1 heterocycles. The molecule has 0 saturated carbocycles. The van der Waals surface area contributed by atoms with E-state index in [1.165, 1.54) is 17.9 Å². The fourth-order valence-corrected chi connectivity index (χ4v) is 3.49. The van der Waals surface area contributed by atoms with Crippen molar-refractivity contribution in [2.45, 2.75) is 32.7 Å². The van der Waals surface area contributed by atoms with Gasteiger partial charge in [0.25, 0.3) is 0 Å². The summed E-state index contributed by atoms with van der Waals surface area (Å²) in [5.74, 6) is -0.578. The van der Waals surface area contributed by atoms with Crippen molar-refractivity contribution in [3.63, 3.8) is 0 Å². The number of para-hydroxylation sites is 1. The molecule has 5 heteroatoms. The van der Waals surface area contributed by atoms with Crippen molar-refractivity contribution in [1.82, 2.24) is 4.90 Å². The molecule has 1 atom stereocenters. The molecule has 0 bridgehead atoms. The zero-order valence-corrected chi connectivity index (χ0v) is 15.1. The molecule has 0 fully saturated rings. The number of rotatable bonds is 5. The quantitative estimate of drug-likeness (QED) is 0.827. The van der Waals surface area contributed by atoms with Gasteiger partial charge in [-0.25, -0.2) is 4.39 Å². The van der Waals surface area contributed by atoms with Crippen LogP contribution in [-0.4, -0.2) is 35.8 Å². The second kappa shape index (κ2) is 7.68. The van der Waals surface area contributed by atoms with Gasteiger partial charge < -0.3 is 9.80 Å². The van der Waals surface area contributed by atoms with Gasteiger partial charge in [0, 0.05) is 25.2 Å². The van der Waals surface area contributed by atoms with Crippen molar-refractivity contribution >= 4 is 17.5 Å². The lowest BCUT2D eigenvalue weighted by Gasteiger charge is -2.27. The van der Waals surface area contributed by atoms with E-state index in [0.29, 0.717) is 18.5 Å². The number of hydrogen-bond acceptors (Lipinski definition) is 2. The van der Waals surface area contributed by atoms with E-state index < -0.39 is 0 Å². The minimum atomic E-state index is -0.288. The molecule has 136 valence electrons. The first-order valence-electron chi connectivity index (χ1n) is 8.86. The molecule has 4 nitrogen and oxygen atoms in total. The molecule has 3 rings (SSSR count). The number of carbonyl (C=O) groups excluding carboxylic acids is 2. The van der Waals surface area contributed by atoms with E-state index in [2.05, 4.69) is 0 Å². The first-order chi connectivity index (χ1) is 12.5. The van der Waals surface area contributed by atoms with Gasteiger partial charge in [0.05, 0.1) is 0 Å². The largest absolute Gasteiger partial charge is 0.333 e. The van der Waals surface area contributed by atoms with Crippen LogP contribution in [0.1, 0.15) is 25.0 Å². The second-order valence-electron chi connectivity index (χ2n) is 6.73. The maximum absolute atomic E-state index is 13.8. The Bertz CT molecular complexity index is 821. The van der Waals surface area contributed by atoms with E-state index >= 15 is 0 Å². The van der Waals surface area contributed by atoms with Crippen LogP contribution in [0.15, 0.2) is 48.5 Å². The molecule has 0 N–H and O–H groups in total. The molecule has 2 aromatic rings. The van der Waals surface area contributed by atoms with Crippen molar-refractivity contribution in [3.05, 3.63) is 65.5 Å². The van der Waals surface area contributed by atoms with Gasteiger partial charge in [-0.2, -0.15) is 0 Å². The summed E-state index contributed by atoms with van der Waals surface area (Å²) in [4.78, 5) is 28.1. The molecule has 26 heavy (non-hydrogen) atoms. The van der Waals surface area contributed by atoms with E-state index in [-0.39, 0.29) is 30.2 Å². The molecule has 1 aliphatic heterocycles. The summed E-state index contributed by atoms with van der Waals surface area (Å²) in [5.41, 5.74) is 2.61. The minimum Gasteiger partial charge on any atom is -0.333 e. The van der Waals surface area contributed by atoms with Gasteiger partial charge in [0.15, 0.2) is 0 Å². The van der Waals surface area contributed by atoms with Gasteiger partial charge in [0.1, 0.15) is 12.4 Å². The molecule has 2 amide bonds. The third-order valence-electron chi connectivity index (χ3n) is 4.86. The topological polar surface area (TPSA) is 40.6 Å². The summed E-state index contributed by atoms with van der Waals surface area (Å²) in [6.07, 6.45) is 1.20. The predicted octanol–water partition coefficient (Wildman–Crippen LogP) is 3.19. The number of amides is 2. The lowest BCUT2D eigenvalue weighted by atomic mass is 10.1. The lowest BCUT2D eigenvalue weighted by Crippen LogP contribution is -2.45. The number of halogens is 1. The summed E-state index contributed by atoms with van der Waals surface area (Å²) in [6.45, 7) is 3.76.